The third kappa shape index (κ3) is 7.74. The first kappa shape index (κ1) is 20.4. The summed E-state index contributed by atoms with van der Waals surface area (Å²) in [6, 6.07) is 9.83. The Labute approximate surface area is 147 Å². The molecular formula is C16H21ClN2O4S. The van der Waals surface area contributed by atoms with Crippen LogP contribution in [0.15, 0.2) is 47.5 Å². The molecule has 1 aromatic carbocycles. The Hall–Kier alpha value is -1.67. The first-order valence-corrected chi connectivity index (χ1v) is 9.00. The Kier molecular flexibility index (Phi) is 8.14. The maximum Gasteiger partial charge on any atom is 0.294 e. The highest BCUT2D eigenvalue weighted by atomic mass is 35.5. The maximum absolute atomic E-state index is 10.5. The number of rotatable bonds is 5. The van der Waals surface area contributed by atoms with Crippen LogP contribution in [0.5, 0.6) is 5.75 Å². The highest BCUT2D eigenvalue weighted by Gasteiger charge is 2.06. The normalized spacial score (nSPS) is 12.0. The number of likely N-dealkylation sites (N-methyl/N-ethyl adjacent to an activating group) is 1. The van der Waals surface area contributed by atoms with E-state index in [1.54, 1.807) is 30.5 Å². The van der Waals surface area contributed by atoms with E-state index in [0.29, 0.717) is 17.8 Å². The summed E-state index contributed by atoms with van der Waals surface area (Å²) < 4.78 is 35.0. The quantitative estimate of drug-likeness (QED) is 0.619. The van der Waals surface area contributed by atoms with Crippen LogP contribution in [0.3, 0.4) is 0 Å². The van der Waals surface area contributed by atoms with Crippen LogP contribution in [0.4, 0.5) is 0 Å². The second kappa shape index (κ2) is 9.58. The minimum atomic E-state index is -4.02. The third-order valence-electron chi connectivity index (χ3n) is 3.01. The third-order valence-corrected chi connectivity index (χ3v) is 4.10. The molecule has 2 rings (SSSR count). The van der Waals surface area contributed by atoms with Gasteiger partial charge in [0.05, 0.1) is 11.1 Å². The maximum atomic E-state index is 10.5. The first-order valence-electron chi connectivity index (χ1n) is 7.18. The van der Waals surface area contributed by atoms with Crippen molar-refractivity contribution < 1.29 is 17.7 Å². The van der Waals surface area contributed by atoms with Crippen molar-refractivity contribution >= 4 is 21.7 Å². The molecule has 8 heteroatoms. The molecule has 0 fully saturated rings. The standard InChI is InChI=1S/C9H13ClN2O.C7H8O3S/c1-7(11-2)6-13-8-3-4-9(10)12-5-8;1-6-2-4-7(5-3-6)11(8,9)10/h3-5,7,11H,6H2,1-2H3;2-5H,1H3,(H,8,9,10)/t7-;/m1./s1. The van der Waals surface area contributed by atoms with Gasteiger partial charge in [-0.3, -0.25) is 4.55 Å². The fraction of sp³-hybridized carbons (Fsp3) is 0.312. The van der Waals surface area contributed by atoms with Crippen LogP contribution >= 0.6 is 11.6 Å². The topological polar surface area (TPSA) is 88.5 Å². The van der Waals surface area contributed by atoms with Crippen molar-refractivity contribution in [1.29, 1.82) is 0 Å². The molecule has 2 N–H and O–H groups in total. The Morgan fingerprint density at radius 1 is 1.25 bits per heavy atom. The summed E-state index contributed by atoms with van der Waals surface area (Å²) in [5, 5.41) is 3.56. The fourth-order valence-electron chi connectivity index (χ4n) is 1.46. The van der Waals surface area contributed by atoms with Crippen molar-refractivity contribution in [2.45, 2.75) is 24.8 Å². The highest BCUT2D eigenvalue weighted by Crippen LogP contribution is 2.12. The number of halogens is 1. The minimum absolute atomic E-state index is 0.0666. The van der Waals surface area contributed by atoms with E-state index in [2.05, 4.69) is 10.3 Å². The van der Waals surface area contributed by atoms with Crippen LogP contribution in [-0.2, 0) is 10.1 Å². The first-order chi connectivity index (χ1) is 11.2. The van der Waals surface area contributed by atoms with Gasteiger partial charge in [0.15, 0.2) is 0 Å². The number of aromatic nitrogens is 1. The van der Waals surface area contributed by atoms with Gasteiger partial charge in [0.1, 0.15) is 17.5 Å². The van der Waals surface area contributed by atoms with Gasteiger partial charge in [-0.05, 0) is 45.2 Å². The Balaban J connectivity index is 0.000000243. The Morgan fingerprint density at radius 3 is 2.33 bits per heavy atom. The van der Waals surface area contributed by atoms with Crippen molar-refractivity contribution in [3.05, 3.63) is 53.3 Å². The molecule has 0 radical (unpaired) electrons. The predicted molar refractivity (Wildman–Crippen MR) is 94.3 cm³/mol. The lowest BCUT2D eigenvalue weighted by Gasteiger charge is -2.11. The largest absolute Gasteiger partial charge is 0.490 e. The van der Waals surface area contributed by atoms with Crippen LogP contribution in [-0.4, -0.2) is 37.7 Å². The molecule has 0 aliphatic carbocycles. The summed E-state index contributed by atoms with van der Waals surface area (Å²) in [5.41, 5.74) is 0.956. The Bertz CT molecular complexity index is 719. The molecule has 0 aliphatic heterocycles. The van der Waals surface area contributed by atoms with E-state index in [9.17, 15) is 8.42 Å². The molecule has 24 heavy (non-hydrogen) atoms. The number of hydrogen-bond acceptors (Lipinski definition) is 5. The lowest BCUT2D eigenvalue weighted by Crippen LogP contribution is -2.28. The number of pyridine rings is 1. The molecule has 0 aliphatic rings. The number of ether oxygens (including phenoxy) is 1. The minimum Gasteiger partial charge on any atom is -0.490 e. The van der Waals surface area contributed by atoms with Crippen LogP contribution in [0.25, 0.3) is 0 Å². The van der Waals surface area contributed by atoms with Crippen molar-refractivity contribution in [3.8, 4) is 5.75 Å². The van der Waals surface area contributed by atoms with Gasteiger partial charge >= 0.3 is 0 Å². The summed E-state index contributed by atoms with van der Waals surface area (Å²) in [7, 11) is -2.12. The van der Waals surface area contributed by atoms with E-state index in [4.69, 9.17) is 20.9 Å². The molecule has 0 saturated carbocycles. The van der Waals surface area contributed by atoms with Gasteiger partial charge in [-0.2, -0.15) is 8.42 Å². The van der Waals surface area contributed by atoms with E-state index >= 15 is 0 Å². The van der Waals surface area contributed by atoms with Gasteiger partial charge in [0.25, 0.3) is 10.1 Å². The van der Waals surface area contributed by atoms with Gasteiger partial charge in [0.2, 0.25) is 0 Å². The molecule has 1 aromatic heterocycles. The molecule has 0 bridgehead atoms. The zero-order valence-corrected chi connectivity index (χ0v) is 15.3. The second-order valence-electron chi connectivity index (χ2n) is 5.11. The van der Waals surface area contributed by atoms with E-state index in [1.807, 2.05) is 20.9 Å². The average molecular weight is 373 g/mol. The molecule has 0 unspecified atom stereocenters. The zero-order chi connectivity index (χ0) is 18.2. The van der Waals surface area contributed by atoms with E-state index < -0.39 is 10.1 Å². The molecule has 132 valence electrons. The van der Waals surface area contributed by atoms with Crippen molar-refractivity contribution in [3.63, 3.8) is 0 Å². The lowest BCUT2D eigenvalue weighted by atomic mass is 10.2. The fourth-order valence-corrected chi connectivity index (χ4v) is 2.05. The molecule has 6 nitrogen and oxygen atoms in total. The lowest BCUT2D eigenvalue weighted by molar-refractivity contribution is 0.279. The number of benzene rings is 1. The van der Waals surface area contributed by atoms with Gasteiger partial charge in [-0.25, -0.2) is 4.98 Å². The molecule has 0 spiro atoms. The second-order valence-corrected chi connectivity index (χ2v) is 6.91. The summed E-state index contributed by atoms with van der Waals surface area (Å²) in [6.07, 6.45) is 1.62. The van der Waals surface area contributed by atoms with Crippen LogP contribution in [0, 0.1) is 6.92 Å². The number of aryl methyl sites for hydroxylation is 1. The Morgan fingerprint density at radius 2 is 1.88 bits per heavy atom. The molecule has 0 saturated heterocycles. The average Bonchev–Trinajstić information content (AvgIpc) is 2.54. The predicted octanol–water partition coefficient (Wildman–Crippen LogP) is 2.96. The summed E-state index contributed by atoms with van der Waals surface area (Å²) in [6.45, 7) is 4.51. The van der Waals surface area contributed by atoms with Crippen LogP contribution in [0.1, 0.15) is 12.5 Å². The van der Waals surface area contributed by atoms with Gasteiger partial charge < -0.3 is 10.1 Å². The van der Waals surface area contributed by atoms with Gasteiger partial charge in [-0.1, -0.05) is 29.3 Å². The molecule has 0 amide bonds. The molecule has 1 heterocycles. The summed E-state index contributed by atoms with van der Waals surface area (Å²) in [4.78, 5) is 3.84. The molecule has 2 aromatic rings. The van der Waals surface area contributed by atoms with Crippen molar-refractivity contribution in [2.75, 3.05) is 13.7 Å². The number of nitrogens with zero attached hydrogens (tertiary/aromatic N) is 1. The highest BCUT2D eigenvalue weighted by molar-refractivity contribution is 7.85. The van der Waals surface area contributed by atoms with Gasteiger partial charge in [0, 0.05) is 6.04 Å². The van der Waals surface area contributed by atoms with Crippen molar-refractivity contribution in [1.82, 2.24) is 10.3 Å². The SMILES string of the molecule is CN[C@H](C)COc1ccc(Cl)nc1.Cc1ccc(S(=O)(=O)O)cc1. The van der Waals surface area contributed by atoms with Crippen LogP contribution in [0.2, 0.25) is 5.15 Å². The van der Waals surface area contributed by atoms with E-state index in [0.717, 1.165) is 11.3 Å². The van der Waals surface area contributed by atoms with Gasteiger partial charge in [-0.15, -0.1) is 0 Å². The van der Waals surface area contributed by atoms with E-state index in [-0.39, 0.29) is 4.90 Å². The molecule has 1 atom stereocenters. The van der Waals surface area contributed by atoms with E-state index in [1.165, 1.54) is 12.1 Å². The van der Waals surface area contributed by atoms with Crippen molar-refractivity contribution in [2.24, 2.45) is 0 Å². The number of nitrogens with one attached hydrogen (secondary N) is 1. The monoisotopic (exact) mass is 372 g/mol. The molecular weight excluding hydrogens is 352 g/mol. The number of hydrogen-bond donors (Lipinski definition) is 2. The van der Waals surface area contributed by atoms with Crippen LogP contribution < -0.4 is 10.1 Å². The zero-order valence-electron chi connectivity index (χ0n) is 13.7. The summed E-state index contributed by atoms with van der Waals surface area (Å²) in [5.74, 6) is 0.742. The smallest absolute Gasteiger partial charge is 0.294 e. The summed E-state index contributed by atoms with van der Waals surface area (Å²) >= 11 is 5.62.